The van der Waals surface area contributed by atoms with Crippen LogP contribution >= 0.6 is 0 Å². The Morgan fingerprint density at radius 1 is 1.21 bits per heavy atom. The number of hydrogen-bond acceptors (Lipinski definition) is 4. The van der Waals surface area contributed by atoms with E-state index >= 15 is 0 Å². The first-order valence-corrected chi connectivity index (χ1v) is 7.89. The van der Waals surface area contributed by atoms with E-state index in [1.54, 1.807) is 0 Å². The van der Waals surface area contributed by atoms with Crippen LogP contribution in [0.2, 0.25) is 0 Å². The van der Waals surface area contributed by atoms with Crippen molar-refractivity contribution in [1.29, 1.82) is 0 Å². The Balaban J connectivity index is 1.61. The number of ether oxygens (including phenoxy) is 4. The summed E-state index contributed by atoms with van der Waals surface area (Å²) in [7, 11) is 0. The Labute approximate surface area is 137 Å². The van der Waals surface area contributed by atoms with E-state index in [1.807, 2.05) is 0 Å². The Kier molecular flexibility index (Phi) is 3.54. The maximum absolute atomic E-state index is 12.4. The van der Waals surface area contributed by atoms with Crippen molar-refractivity contribution >= 4 is 5.57 Å². The monoisotopic (exact) mass is 342 g/mol. The van der Waals surface area contributed by atoms with Gasteiger partial charge in [-0.25, -0.2) is 0 Å². The van der Waals surface area contributed by atoms with Crippen LogP contribution in [0.25, 0.3) is 5.57 Å². The molecule has 1 aliphatic carbocycles. The standard InChI is InChI=1S/C17H17F3O4/c1-10-12-8-11(24-17(18,19)20)2-3-14(12)23-15-4-5-16(9-13(10)15)21-6-7-22-16/h2-3,8,13,15H,1,4-7,9H2. The van der Waals surface area contributed by atoms with Crippen LogP contribution in [0.5, 0.6) is 11.5 Å². The number of rotatable bonds is 1. The number of hydrogen-bond donors (Lipinski definition) is 0. The van der Waals surface area contributed by atoms with Crippen molar-refractivity contribution in [1.82, 2.24) is 0 Å². The average Bonchev–Trinajstić information content (AvgIpc) is 2.96. The molecule has 0 aromatic heterocycles. The van der Waals surface area contributed by atoms with Gasteiger partial charge in [-0.2, -0.15) is 0 Å². The van der Waals surface area contributed by atoms with Crippen LogP contribution in [0.3, 0.4) is 0 Å². The summed E-state index contributed by atoms with van der Waals surface area (Å²) >= 11 is 0. The molecule has 0 amide bonds. The van der Waals surface area contributed by atoms with Gasteiger partial charge in [-0.1, -0.05) is 6.58 Å². The third-order valence-electron chi connectivity index (χ3n) is 4.86. The molecule has 4 nitrogen and oxygen atoms in total. The molecule has 130 valence electrons. The highest BCUT2D eigenvalue weighted by molar-refractivity contribution is 5.74. The normalized spacial score (nSPS) is 28.2. The summed E-state index contributed by atoms with van der Waals surface area (Å²) in [5, 5.41) is 0. The minimum atomic E-state index is -4.73. The average molecular weight is 342 g/mol. The van der Waals surface area contributed by atoms with E-state index in [2.05, 4.69) is 11.3 Å². The summed E-state index contributed by atoms with van der Waals surface area (Å²) < 4.78 is 58.8. The van der Waals surface area contributed by atoms with Crippen molar-refractivity contribution in [3.05, 3.63) is 30.3 Å². The Morgan fingerprint density at radius 3 is 2.67 bits per heavy atom. The molecule has 7 heteroatoms. The van der Waals surface area contributed by atoms with Gasteiger partial charge in [0, 0.05) is 24.3 Å². The maximum atomic E-state index is 12.4. The van der Waals surface area contributed by atoms with Gasteiger partial charge in [0.25, 0.3) is 0 Å². The number of fused-ring (bicyclic) bond motifs is 2. The molecule has 2 heterocycles. The summed E-state index contributed by atoms with van der Waals surface area (Å²) in [5.41, 5.74) is 1.29. The largest absolute Gasteiger partial charge is 0.573 e. The zero-order valence-electron chi connectivity index (χ0n) is 12.9. The van der Waals surface area contributed by atoms with Crippen molar-refractivity contribution in [3.63, 3.8) is 0 Å². The van der Waals surface area contributed by atoms with Gasteiger partial charge in [-0.05, 0) is 30.2 Å². The third kappa shape index (κ3) is 2.75. The molecular formula is C17H17F3O4. The minimum Gasteiger partial charge on any atom is -0.489 e. The SMILES string of the molecule is C=C1c2cc(OC(F)(F)F)ccc2OC2CCC3(CC12)OCCO3. The predicted octanol–water partition coefficient (Wildman–Crippen LogP) is 3.90. The Bertz CT molecular complexity index is 664. The molecule has 2 atom stereocenters. The molecule has 0 N–H and O–H groups in total. The quantitative estimate of drug-likeness (QED) is 0.776. The molecular weight excluding hydrogens is 325 g/mol. The zero-order chi connectivity index (χ0) is 16.9. The lowest BCUT2D eigenvalue weighted by Gasteiger charge is -2.44. The highest BCUT2D eigenvalue weighted by atomic mass is 19.4. The van der Waals surface area contributed by atoms with Crippen LogP contribution in [-0.2, 0) is 9.47 Å². The molecule has 3 aliphatic rings. The van der Waals surface area contributed by atoms with Gasteiger partial charge in [0.15, 0.2) is 5.79 Å². The fraction of sp³-hybridized carbons (Fsp3) is 0.529. The van der Waals surface area contributed by atoms with Gasteiger partial charge in [-0.15, -0.1) is 13.2 Å². The smallest absolute Gasteiger partial charge is 0.489 e. The molecule has 1 spiro atoms. The van der Waals surface area contributed by atoms with E-state index in [1.165, 1.54) is 18.2 Å². The second-order valence-electron chi connectivity index (χ2n) is 6.34. The van der Waals surface area contributed by atoms with Crippen molar-refractivity contribution in [2.75, 3.05) is 13.2 Å². The lowest BCUT2D eigenvalue weighted by Crippen LogP contribution is -2.46. The molecule has 1 saturated heterocycles. The maximum Gasteiger partial charge on any atom is 0.573 e. The lowest BCUT2D eigenvalue weighted by molar-refractivity contribution is -0.274. The second-order valence-corrected chi connectivity index (χ2v) is 6.34. The summed E-state index contributed by atoms with van der Waals surface area (Å²) in [4.78, 5) is 0. The van der Waals surface area contributed by atoms with Crippen molar-refractivity contribution in [2.45, 2.75) is 37.5 Å². The molecule has 24 heavy (non-hydrogen) atoms. The van der Waals surface area contributed by atoms with Crippen LogP contribution in [0, 0.1) is 5.92 Å². The fourth-order valence-corrected chi connectivity index (χ4v) is 3.80. The molecule has 2 aliphatic heterocycles. The van der Waals surface area contributed by atoms with E-state index < -0.39 is 12.1 Å². The van der Waals surface area contributed by atoms with E-state index in [4.69, 9.17) is 14.2 Å². The molecule has 2 unspecified atom stereocenters. The van der Waals surface area contributed by atoms with Crippen LogP contribution in [0.1, 0.15) is 24.8 Å². The highest BCUT2D eigenvalue weighted by Gasteiger charge is 2.48. The topological polar surface area (TPSA) is 36.9 Å². The summed E-state index contributed by atoms with van der Waals surface area (Å²) in [6, 6.07) is 4.09. The second kappa shape index (κ2) is 5.39. The summed E-state index contributed by atoms with van der Waals surface area (Å²) in [6.07, 6.45) is -2.69. The lowest BCUT2D eigenvalue weighted by atomic mass is 9.75. The van der Waals surface area contributed by atoms with Gasteiger partial charge in [0.2, 0.25) is 0 Å². The van der Waals surface area contributed by atoms with E-state index in [0.717, 1.165) is 18.4 Å². The van der Waals surface area contributed by atoms with Gasteiger partial charge in [-0.3, -0.25) is 0 Å². The van der Waals surface area contributed by atoms with E-state index in [9.17, 15) is 13.2 Å². The zero-order valence-corrected chi connectivity index (χ0v) is 12.9. The van der Waals surface area contributed by atoms with Gasteiger partial charge in [0.1, 0.15) is 17.6 Å². The molecule has 0 radical (unpaired) electrons. The van der Waals surface area contributed by atoms with Crippen molar-refractivity contribution in [3.8, 4) is 11.5 Å². The van der Waals surface area contributed by atoms with E-state index in [-0.39, 0.29) is 17.8 Å². The van der Waals surface area contributed by atoms with Gasteiger partial charge >= 0.3 is 6.36 Å². The first-order chi connectivity index (χ1) is 11.4. The molecule has 1 aromatic carbocycles. The first kappa shape index (κ1) is 15.8. The fourth-order valence-electron chi connectivity index (χ4n) is 3.80. The summed E-state index contributed by atoms with van der Waals surface area (Å²) in [6.45, 7) is 5.22. The molecule has 2 fully saturated rings. The molecule has 1 aromatic rings. The Hall–Kier alpha value is -1.73. The van der Waals surface area contributed by atoms with Crippen LogP contribution in [0.15, 0.2) is 24.8 Å². The first-order valence-electron chi connectivity index (χ1n) is 7.89. The third-order valence-corrected chi connectivity index (χ3v) is 4.86. The molecule has 4 rings (SSSR count). The predicted molar refractivity (Wildman–Crippen MR) is 78.6 cm³/mol. The van der Waals surface area contributed by atoms with E-state index in [0.29, 0.717) is 30.9 Å². The Morgan fingerprint density at radius 2 is 1.96 bits per heavy atom. The molecule has 0 bridgehead atoms. The number of alkyl halides is 3. The number of benzene rings is 1. The van der Waals surface area contributed by atoms with Crippen LogP contribution in [-0.4, -0.2) is 31.5 Å². The molecule has 1 saturated carbocycles. The van der Waals surface area contributed by atoms with Crippen molar-refractivity contribution < 1.29 is 32.1 Å². The highest BCUT2D eigenvalue weighted by Crippen LogP contribution is 2.50. The van der Waals surface area contributed by atoms with Gasteiger partial charge < -0.3 is 18.9 Å². The van der Waals surface area contributed by atoms with Gasteiger partial charge in [0.05, 0.1) is 13.2 Å². The van der Waals surface area contributed by atoms with Crippen LogP contribution < -0.4 is 9.47 Å². The summed E-state index contributed by atoms with van der Waals surface area (Å²) in [5.74, 6) is -0.390. The number of halogens is 3. The van der Waals surface area contributed by atoms with Crippen LogP contribution in [0.4, 0.5) is 13.2 Å². The minimum absolute atomic E-state index is 0.0505. The van der Waals surface area contributed by atoms with Crippen molar-refractivity contribution in [2.24, 2.45) is 5.92 Å².